The molecule has 1 unspecified atom stereocenters. The van der Waals surface area contributed by atoms with E-state index in [2.05, 4.69) is 24.8 Å². The second-order valence-electron chi connectivity index (χ2n) is 7.03. The zero-order valence-electron chi connectivity index (χ0n) is 15.1. The Morgan fingerprint density at radius 3 is 2.78 bits per heavy atom. The summed E-state index contributed by atoms with van der Waals surface area (Å²) < 4.78 is 12.2. The number of methoxy groups -OCH3 is 1. The Hall–Kier alpha value is -2.97. The van der Waals surface area contributed by atoms with E-state index in [0.29, 0.717) is 38.3 Å². The Morgan fingerprint density at radius 2 is 2.15 bits per heavy atom. The van der Waals surface area contributed by atoms with Gasteiger partial charge < -0.3 is 18.9 Å². The molecule has 2 aliphatic heterocycles. The summed E-state index contributed by atoms with van der Waals surface area (Å²) in [5.41, 5.74) is -0.238. The van der Waals surface area contributed by atoms with Crippen LogP contribution in [-0.4, -0.2) is 58.0 Å². The number of cyclic esters (lactones) is 1. The number of hydrogen-bond acceptors (Lipinski definition) is 8. The topological polar surface area (TPSA) is 99.4 Å². The second kappa shape index (κ2) is 6.98. The van der Waals surface area contributed by atoms with Crippen LogP contribution in [0.5, 0.6) is 0 Å². The predicted octanol–water partition coefficient (Wildman–Crippen LogP) is 1.06. The van der Waals surface area contributed by atoms with Crippen molar-refractivity contribution in [1.29, 1.82) is 0 Å². The highest BCUT2D eigenvalue weighted by Crippen LogP contribution is 2.43. The number of aromatic nitrogens is 4. The van der Waals surface area contributed by atoms with E-state index in [4.69, 9.17) is 4.74 Å². The molecule has 0 aromatic carbocycles. The summed E-state index contributed by atoms with van der Waals surface area (Å²) in [7, 11) is 1.31. The van der Waals surface area contributed by atoms with Crippen molar-refractivity contribution in [2.24, 2.45) is 5.41 Å². The van der Waals surface area contributed by atoms with Crippen molar-refractivity contribution in [3.63, 3.8) is 0 Å². The van der Waals surface area contributed by atoms with E-state index in [0.717, 1.165) is 6.42 Å². The zero-order valence-corrected chi connectivity index (χ0v) is 15.1. The molecule has 4 rings (SSSR count). The Bertz CT molecular complexity index is 813. The van der Waals surface area contributed by atoms with Crippen LogP contribution in [0.1, 0.15) is 29.8 Å². The van der Waals surface area contributed by atoms with Crippen LogP contribution in [0.25, 0.3) is 0 Å². The van der Waals surface area contributed by atoms with Crippen LogP contribution in [0.2, 0.25) is 0 Å². The highest BCUT2D eigenvalue weighted by molar-refractivity contribution is 5.87. The number of imidazole rings is 1. The first-order valence-corrected chi connectivity index (χ1v) is 8.93. The lowest BCUT2D eigenvalue weighted by molar-refractivity contribution is -0.150. The van der Waals surface area contributed by atoms with E-state index in [1.165, 1.54) is 7.11 Å². The summed E-state index contributed by atoms with van der Waals surface area (Å²) in [5.74, 6) is 0.0857. The van der Waals surface area contributed by atoms with E-state index in [1.54, 1.807) is 24.7 Å². The molecular weight excluding hydrogens is 350 g/mol. The van der Waals surface area contributed by atoms with Gasteiger partial charge in [-0.1, -0.05) is 0 Å². The van der Waals surface area contributed by atoms with Crippen LogP contribution in [-0.2, 0) is 20.8 Å². The molecule has 4 heterocycles. The Morgan fingerprint density at radius 1 is 1.33 bits per heavy atom. The molecule has 0 bridgehead atoms. The summed E-state index contributed by atoms with van der Waals surface area (Å²) in [6.07, 6.45) is 7.37. The number of esters is 2. The highest BCUT2D eigenvalue weighted by atomic mass is 16.6. The summed E-state index contributed by atoms with van der Waals surface area (Å²) in [6.45, 7) is 2.02. The molecule has 1 spiro atoms. The van der Waals surface area contributed by atoms with Crippen LogP contribution >= 0.6 is 0 Å². The van der Waals surface area contributed by atoms with Crippen molar-refractivity contribution in [3.05, 3.63) is 36.5 Å². The average molecular weight is 371 g/mol. The van der Waals surface area contributed by atoms with Crippen LogP contribution < -0.4 is 4.90 Å². The van der Waals surface area contributed by atoms with Crippen LogP contribution in [0.15, 0.2) is 30.9 Å². The molecule has 0 saturated carbocycles. The lowest BCUT2D eigenvalue weighted by atomic mass is 9.76. The molecule has 0 N–H and O–H groups in total. The fraction of sp³-hybridized carbons (Fsp3) is 0.500. The highest BCUT2D eigenvalue weighted by Gasteiger charge is 2.50. The largest absolute Gasteiger partial charge is 0.464 e. The van der Waals surface area contributed by atoms with Gasteiger partial charge in [0.1, 0.15) is 6.10 Å². The Labute approximate surface area is 156 Å². The number of hydrogen-bond donors (Lipinski definition) is 0. The SMILES string of the molecule is COC(=O)c1ccc(N2CCC3(CC2)CC(Cn2ccnc2)OC3=O)nn1. The van der Waals surface area contributed by atoms with Gasteiger partial charge in [0.25, 0.3) is 0 Å². The summed E-state index contributed by atoms with van der Waals surface area (Å²) >= 11 is 0. The van der Waals surface area contributed by atoms with Crippen molar-refractivity contribution in [1.82, 2.24) is 19.7 Å². The molecule has 0 aliphatic carbocycles. The van der Waals surface area contributed by atoms with Gasteiger partial charge in [0.15, 0.2) is 11.5 Å². The lowest BCUT2D eigenvalue weighted by Crippen LogP contribution is -2.43. The van der Waals surface area contributed by atoms with Crippen molar-refractivity contribution in [3.8, 4) is 0 Å². The standard InChI is InChI=1S/C18H21N5O4/c1-26-16(24)14-2-3-15(21-20-14)23-7-4-18(5-8-23)10-13(27-17(18)25)11-22-9-6-19-12-22/h2-3,6,9,12-13H,4-5,7-8,10-11H2,1H3. The van der Waals surface area contributed by atoms with E-state index < -0.39 is 11.4 Å². The van der Waals surface area contributed by atoms with Gasteiger partial charge in [0.2, 0.25) is 0 Å². The molecule has 2 saturated heterocycles. The van der Waals surface area contributed by atoms with Gasteiger partial charge in [0.05, 0.1) is 25.4 Å². The Kier molecular flexibility index (Phi) is 4.51. The van der Waals surface area contributed by atoms with E-state index >= 15 is 0 Å². The molecule has 9 heteroatoms. The van der Waals surface area contributed by atoms with E-state index in [-0.39, 0.29) is 17.8 Å². The number of carbonyl (C=O) groups is 2. The third-order valence-electron chi connectivity index (χ3n) is 5.39. The summed E-state index contributed by atoms with van der Waals surface area (Å²) in [6, 6.07) is 3.36. The maximum atomic E-state index is 12.5. The second-order valence-corrected chi connectivity index (χ2v) is 7.03. The first-order chi connectivity index (χ1) is 13.1. The van der Waals surface area contributed by atoms with Crippen molar-refractivity contribution >= 4 is 17.8 Å². The number of rotatable bonds is 4. The monoisotopic (exact) mass is 371 g/mol. The molecule has 0 radical (unpaired) electrons. The fourth-order valence-corrected chi connectivity index (χ4v) is 3.85. The lowest BCUT2D eigenvalue weighted by Gasteiger charge is -2.36. The molecule has 142 valence electrons. The van der Waals surface area contributed by atoms with Gasteiger partial charge in [-0.3, -0.25) is 4.79 Å². The maximum Gasteiger partial charge on any atom is 0.358 e. The maximum absolute atomic E-state index is 12.5. The molecule has 2 fully saturated rings. The molecule has 2 aromatic rings. The number of anilines is 1. The number of nitrogens with zero attached hydrogens (tertiary/aromatic N) is 5. The van der Waals surface area contributed by atoms with Crippen molar-refractivity contribution in [2.45, 2.75) is 31.9 Å². The zero-order chi connectivity index (χ0) is 18.9. The minimum atomic E-state index is -0.510. The number of carbonyl (C=O) groups excluding carboxylic acids is 2. The van der Waals surface area contributed by atoms with E-state index in [1.807, 2.05) is 10.8 Å². The van der Waals surface area contributed by atoms with Crippen LogP contribution in [0.3, 0.4) is 0 Å². The van der Waals surface area contributed by atoms with Crippen molar-refractivity contribution < 1.29 is 19.1 Å². The molecule has 1 atom stereocenters. The quantitative estimate of drug-likeness (QED) is 0.736. The third kappa shape index (κ3) is 3.36. The third-order valence-corrected chi connectivity index (χ3v) is 5.39. The van der Waals surface area contributed by atoms with E-state index in [9.17, 15) is 9.59 Å². The molecule has 2 aliphatic rings. The smallest absolute Gasteiger partial charge is 0.358 e. The van der Waals surface area contributed by atoms with Gasteiger partial charge in [-0.15, -0.1) is 10.2 Å². The molecule has 0 amide bonds. The van der Waals surface area contributed by atoms with Crippen LogP contribution in [0.4, 0.5) is 5.82 Å². The predicted molar refractivity (Wildman–Crippen MR) is 94.0 cm³/mol. The first-order valence-electron chi connectivity index (χ1n) is 8.93. The first kappa shape index (κ1) is 17.4. The normalized spacial score (nSPS) is 21.3. The van der Waals surface area contributed by atoms with Gasteiger partial charge in [0, 0.05) is 31.9 Å². The number of piperidine rings is 1. The summed E-state index contributed by atoms with van der Waals surface area (Å²) in [4.78, 5) is 30.1. The Balaban J connectivity index is 1.38. The fourth-order valence-electron chi connectivity index (χ4n) is 3.85. The molecule has 2 aromatic heterocycles. The van der Waals surface area contributed by atoms with Crippen LogP contribution in [0, 0.1) is 5.41 Å². The molecule has 27 heavy (non-hydrogen) atoms. The minimum Gasteiger partial charge on any atom is -0.464 e. The van der Waals surface area contributed by atoms with Gasteiger partial charge in [-0.05, 0) is 25.0 Å². The number of ether oxygens (including phenoxy) is 2. The summed E-state index contributed by atoms with van der Waals surface area (Å²) in [5, 5.41) is 8.03. The average Bonchev–Trinajstić information content (AvgIpc) is 3.30. The molecular formula is C18H21N5O4. The van der Waals surface area contributed by atoms with Gasteiger partial charge in [-0.25, -0.2) is 9.78 Å². The van der Waals surface area contributed by atoms with Gasteiger partial charge in [-0.2, -0.15) is 0 Å². The van der Waals surface area contributed by atoms with Crippen molar-refractivity contribution in [2.75, 3.05) is 25.1 Å². The van der Waals surface area contributed by atoms with Gasteiger partial charge >= 0.3 is 11.9 Å². The molecule has 9 nitrogen and oxygen atoms in total. The minimum absolute atomic E-state index is 0.0978.